The van der Waals surface area contributed by atoms with Crippen LogP contribution in [-0.4, -0.2) is 6.54 Å². The highest BCUT2D eigenvalue weighted by Gasteiger charge is 2.23. The molecule has 0 bridgehead atoms. The van der Waals surface area contributed by atoms with Crippen molar-refractivity contribution in [2.24, 2.45) is 0 Å². The second kappa shape index (κ2) is 4.21. The average Bonchev–Trinajstić information content (AvgIpc) is 2.49. The Balaban J connectivity index is 2.38. The van der Waals surface area contributed by atoms with E-state index in [2.05, 4.69) is 34.2 Å². The highest BCUT2D eigenvalue weighted by molar-refractivity contribution is 9.10. The van der Waals surface area contributed by atoms with Crippen molar-refractivity contribution < 1.29 is 0 Å². The van der Waals surface area contributed by atoms with E-state index in [4.69, 9.17) is 11.6 Å². The van der Waals surface area contributed by atoms with E-state index in [9.17, 15) is 0 Å². The quantitative estimate of drug-likeness (QED) is 0.867. The molecule has 2 rings (SSSR count). The highest BCUT2D eigenvalue weighted by Crippen LogP contribution is 2.37. The molecule has 0 fully saturated rings. The molecule has 1 nitrogen and oxygen atoms in total. The Morgan fingerprint density at radius 2 is 2.36 bits per heavy atom. The van der Waals surface area contributed by atoms with Gasteiger partial charge in [-0.05, 0) is 42.6 Å². The minimum absolute atomic E-state index is 0.491. The molecule has 0 saturated heterocycles. The molecule has 1 N–H and O–H groups in total. The molecule has 0 aliphatic heterocycles. The summed E-state index contributed by atoms with van der Waals surface area (Å²) >= 11 is 9.66. The third-order valence-corrected chi connectivity index (χ3v) is 3.50. The predicted octanol–water partition coefficient (Wildman–Crippen LogP) is 3.70. The van der Waals surface area contributed by atoms with Gasteiger partial charge >= 0.3 is 0 Å². The van der Waals surface area contributed by atoms with E-state index in [0.717, 1.165) is 22.5 Å². The van der Waals surface area contributed by atoms with Crippen LogP contribution in [0.2, 0.25) is 5.02 Å². The summed E-state index contributed by atoms with van der Waals surface area (Å²) in [4.78, 5) is 0. The molecule has 1 unspecified atom stereocenters. The highest BCUT2D eigenvalue weighted by atomic mass is 79.9. The summed E-state index contributed by atoms with van der Waals surface area (Å²) in [5.41, 5.74) is 2.69. The van der Waals surface area contributed by atoms with Crippen LogP contribution in [0.5, 0.6) is 0 Å². The van der Waals surface area contributed by atoms with Gasteiger partial charge < -0.3 is 5.32 Å². The van der Waals surface area contributed by atoms with E-state index in [1.54, 1.807) is 0 Å². The fraction of sp³-hybridized carbons (Fsp3) is 0.455. The zero-order chi connectivity index (χ0) is 10.1. The van der Waals surface area contributed by atoms with Gasteiger partial charge in [-0.15, -0.1) is 0 Å². The molecular formula is C11H13BrClN. The molecule has 0 amide bonds. The summed E-state index contributed by atoms with van der Waals surface area (Å²) in [6.07, 6.45) is 2.26. The molecule has 0 heterocycles. The molecule has 14 heavy (non-hydrogen) atoms. The summed E-state index contributed by atoms with van der Waals surface area (Å²) in [7, 11) is 0. The molecule has 0 saturated carbocycles. The van der Waals surface area contributed by atoms with E-state index in [0.29, 0.717) is 6.04 Å². The first-order valence-electron chi connectivity index (χ1n) is 4.93. The number of hydrogen-bond acceptors (Lipinski definition) is 1. The molecule has 0 radical (unpaired) electrons. The maximum atomic E-state index is 6.18. The zero-order valence-corrected chi connectivity index (χ0v) is 10.5. The van der Waals surface area contributed by atoms with Crippen molar-refractivity contribution in [3.63, 3.8) is 0 Å². The van der Waals surface area contributed by atoms with Gasteiger partial charge in [-0.2, -0.15) is 0 Å². The van der Waals surface area contributed by atoms with Crippen LogP contribution in [0.25, 0.3) is 0 Å². The van der Waals surface area contributed by atoms with E-state index in [-0.39, 0.29) is 0 Å². The fourth-order valence-electron chi connectivity index (χ4n) is 2.10. The molecule has 3 heteroatoms. The second-order valence-electron chi connectivity index (χ2n) is 3.60. The second-order valence-corrected chi connectivity index (χ2v) is 4.93. The summed E-state index contributed by atoms with van der Waals surface area (Å²) in [5.74, 6) is 0. The van der Waals surface area contributed by atoms with E-state index >= 15 is 0 Å². The Hall–Kier alpha value is -0.0500. The van der Waals surface area contributed by atoms with Gasteiger partial charge in [0.2, 0.25) is 0 Å². The molecule has 1 aromatic rings. The van der Waals surface area contributed by atoms with Crippen molar-refractivity contribution in [1.82, 2.24) is 5.32 Å². The Bertz CT molecular complexity index is 351. The lowest BCUT2D eigenvalue weighted by Crippen LogP contribution is -2.18. The molecule has 1 aliphatic rings. The number of halogens is 2. The van der Waals surface area contributed by atoms with Gasteiger partial charge in [-0.3, -0.25) is 0 Å². The normalized spacial score (nSPS) is 19.8. The van der Waals surface area contributed by atoms with Crippen molar-refractivity contribution in [3.05, 3.63) is 32.8 Å². The summed E-state index contributed by atoms with van der Waals surface area (Å²) in [5, 5.41) is 4.37. The van der Waals surface area contributed by atoms with E-state index < -0.39 is 0 Å². The van der Waals surface area contributed by atoms with Crippen LogP contribution in [0.4, 0.5) is 0 Å². The monoisotopic (exact) mass is 273 g/mol. The molecule has 1 aliphatic carbocycles. The van der Waals surface area contributed by atoms with Gasteiger partial charge in [0.1, 0.15) is 0 Å². The van der Waals surface area contributed by atoms with Crippen molar-refractivity contribution in [2.45, 2.75) is 25.8 Å². The van der Waals surface area contributed by atoms with Crippen molar-refractivity contribution in [2.75, 3.05) is 6.54 Å². The van der Waals surface area contributed by atoms with Crippen molar-refractivity contribution in [1.29, 1.82) is 0 Å². The molecule has 0 aromatic heterocycles. The Kier molecular flexibility index (Phi) is 3.15. The van der Waals surface area contributed by atoms with Crippen LogP contribution in [-0.2, 0) is 6.42 Å². The van der Waals surface area contributed by atoms with Gasteiger partial charge in [0.15, 0.2) is 0 Å². The SMILES string of the molecule is CCNC1CCc2c(Cl)cc(Br)cc21. The van der Waals surface area contributed by atoms with Crippen LogP contribution in [0.3, 0.4) is 0 Å². The standard InChI is InChI=1S/C11H13BrClN/c1-2-14-11-4-3-8-9(11)5-7(12)6-10(8)13/h5-6,11,14H,2-4H2,1H3. The van der Waals surface area contributed by atoms with Crippen LogP contribution in [0.15, 0.2) is 16.6 Å². The maximum absolute atomic E-state index is 6.18. The molecule has 76 valence electrons. The number of rotatable bonds is 2. The Morgan fingerprint density at radius 3 is 3.07 bits per heavy atom. The van der Waals surface area contributed by atoms with Gasteiger partial charge in [0, 0.05) is 15.5 Å². The summed E-state index contributed by atoms with van der Waals surface area (Å²) in [6, 6.07) is 4.65. The fourth-order valence-corrected chi connectivity index (χ4v) is 3.03. The predicted molar refractivity (Wildman–Crippen MR) is 63.9 cm³/mol. The Morgan fingerprint density at radius 1 is 1.57 bits per heavy atom. The first-order chi connectivity index (χ1) is 6.72. The van der Waals surface area contributed by atoms with Crippen LogP contribution < -0.4 is 5.32 Å². The number of nitrogens with one attached hydrogen (secondary N) is 1. The van der Waals surface area contributed by atoms with Crippen molar-refractivity contribution >= 4 is 27.5 Å². The van der Waals surface area contributed by atoms with E-state index in [1.165, 1.54) is 17.5 Å². The zero-order valence-electron chi connectivity index (χ0n) is 8.11. The van der Waals surface area contributed by atoms with Crippen molar-refractivity contribution in [3.8, 4) is 0 Å². The first-order valence-corrected chi connectivity index (χ1v) is 6.10. The molecule has 1 atom stereocenters. The Labute approximate surface area is 98.0 Å². The van der Waals surface area contributed by atoms with Gasteiger partial charge in [-0.1, -0.05) is 34.5 Å². The first kappa shape index (κ1) is 10.5. The van der Waals surface area contributed by atoms with Crippen LogP contribution in [0.1, 0.15) is 30.5 Å². The van der Waals surface area contributed by atoms with Crippen LogP contribution >= 0.6 is 27.5 Å². The topological polar surface area (TPSA) is 12.0 Å². The number of hydrogen-bond donors (Lipinski definition) is 1. The largest absolute Gasteiger partial charge is 0.310 e. The van der Waals surface area contributed by atoms with Crippen LogP contribution in [0, 0.1) is 0 Å². The lowest BCUT2D eigenvalue weighted by molar-refractivity contribution is 0.549. The third kappa shape index (κ3) is 1.83. The molecule has 1 aromatic carbocycles. The summed E-state index contributed by atoms with van der Waals surface area (Å²) < 4.78 is 1.08. The van der Waals surface area contributed by atoms with Gasteiger partial charge in [0.05, 0.1) is 0 Å². The minimum atomic E-state index is 0.491. The lowest BCUT2D eigenvalue weighted by atomic mass is 10.1. The van der Waals surface area contributed by atoms with Gasteiger partial charge in [-0.25, -0.2) is 0 Å². The van der Waals surface area contributed by atoms with E-state index in [1.807, 2.05) is 6.07 Å². The summed E-state index contributed by atoms with van der Waals surface area (Å²) in [6.45, 7) is 3.14. The van der Waals surface area contributed by atoms with Gasteiger partial charge in [0.25, 0.3) is 0 Å². The molecular weight excluding hydrogens is 261 g/mol. The lowest BCUT2D eigenvalue weighted by Gasteiger charge is -2.12. The third-order valence-electron chi connectivity index (χ3n) is 2.70. The smallest absolute Gasteiger partial charge is 0.0452 e. The molecule has 0 spiro atoms. The minimum Gasteiger partial charge on any atom is -0.310 e. The maximum Gasteiger partial charge on any atom is 0.0452 e. The average molecular weight is 275 g/mol. The number of benzene rings is 1. The number of fused-ring (bicyclic) bond motifs is 1.